The van der Waals surface area contributed by atoms with Gasteiger partial charge in [-0.3, -0.25) is 5.10 Å². The Morgan fingerprint density at radius 1 is 1.20 bits per heavy atom. The summed E-state index contributed by atoms with van der Waals surface area (Å²) in [6, 6.07) is 9.88. The molecule has 3 aromatic rings. The number of rotatable bonds is 7. The van der Waals surface area contributed by atoms with Crippen molar-refractivity contribution in [2.75, 3.05) is 25.6 Å². The lowest BCUT2D eigenvalue weighted by molar-refractivity contribution is 0.239. The van der Waals surface area contributed by atoms with E-state index in [0.717, 1.165) is 30.0 Å². The molecular weight excluding hydrogens is 382 g/mol. The highest BCUT2D eigenvalue weighted by Gasteiger charge is 2.18. The average molecular weight is 405 g/mol. The first-order valence-corrected chi connectivity index (χ1v) is 9.85. The van der Waals surface area contributed by atoms with Gasteiger partial charge in [0.15, 0.2) is 11.5 Å². The van der Waals surface area contributed by atoms with Gasteiger partial charge < -0.3 is 20.1 Å². The summed E-state index contributed by atoms with van der Waals surface area (Å²) >= 11 is 0. The van der Waals surface area contributed by atoms with Crippen LogP contribution < -0.4 is 20.1 Å². The smallest absolute Gasteiger partial charge is 0.158 e. The topological polar surface area (TPSA) is 121 Å². The van der Waals surface area contributed by atoms with E-state index in [1.54, 1.807) is 7.11 Å². The van der Waals surface area contributed by atoms with Gasteiger partial charge in [0.05, 0.1) is 30.8 Å². The Morgan fingerprint density at radius 2 is 2.10 bits per heavy atom. The minimum absolute atomic E-state index is 0.256. The third kappa shape index (κ3) is 4.50. The lowest BCUT2D eigenvalue weighted by Crippen LogP contribution is -2.38. The van der Waals surface area contributed by atoms with Gasteiger partial charge in [-0.2, -0.15) is 10.4 Å². The van der Waals surface area contributed by atoms with Crippen molar-refractivity contribution in [3.05, 3.63) is 42.4 Å². The van der Waals surface area contributed by atoms with Gasteiger partial charge in [-0.25, -0.2) is 9.97 Å². The molecule has 0 aliphatic carbocycles. The van der Waals surface area contributed by atoms with Gasteiger partial charge >= 0.3 is 0 Å². The van der Waals surface area contributed by atoms with Crippen LogP contribution in [0.5, 0.6) is 11.5 Å². The monoisotopic (exact) mass is 405 g/mol. The fourth-order valence-electron chi connectivity index (χ4n) is 3.42. The molecule has 9 heteroatoms. The van der Waals surface area contributed by atoms with Gasteiger partial charge in [-0.1, -0.05) is 12.5 Å². The molecule has 1 saturated heterocycles. The lowest BCUT2D eigenvalue weighted by Gasteiger charge is -2.24. The zero-order valence-electron chi connectivity index (χ0n) is 16.7. The van der Waals surface area contributed by atoms with E-state index in [2.05, 4.69) is 30.8 Å². The Kier molecular flexibility index (Phi) is 6.06. The minimum atomic E-state index is 0.256. The first-order chi connectivity index (χ1) is 14.8. The van der Waals surface area contributed by atoms with E-state index in [1.807, 2.05) is 30.3 Å². The summed E-state index contributed by atoms with van der Waals surface area (Å²) in [5.74, 6) is 2.48. The summed E-state index contributed by atoms with van der Waals surface area (Å²) in [4.78, 5) is 8.15. The number of aromatic amines is 1. The molecule has 0 unspecified atom stereocenters. The van der Waals surface area contributed by atoms with Crippen LogP contribution in [0.3, 0.4) is 0 Å². The SMILES string of the molecule is COc1cccc(OC[C@H]2CCCCN2)c1-c1cc(Nc2cnc(C#N)cn2)n[nH]1. The van der Waals surface area contributed by atoms with Gasteiger partial charge in [0.1, 0.15) is 30.0 Å². The Morgan fingerprint density at radius 3 is 2.83 bits per heavy atom. The number of piperidine rings is 1. The molecule has 1 aliphatic rings. The Balaban J connectivity index is 1.54. The number of H-pyrrole nitrogens is 1. The zero-order valence-corrected chi connectivity index (χ0v) is 16.7. The molecule has 1 atom stereocenters. The largest absolute Gasteiger partial charge is 0.496 e. The van der Waals surface area contributed by atoms with Crippen molar-refractivity contribution in [1.82, 2.24) is 25.5 Å². The number of hydrogen-bond donors (Lipinski definition) is 3. The number of hydrogen-bond acceptors (Lipinski definition) is 8. The number of methoxy groups -OCH3 is 1. The average Bonchev–Trinajstić information content (AvgIpc) is 3.26. The van der Waals surface area contributed by atoms with Gasteiger partial charge in [-0.05, 0) is 31.5 Å². The van der Waals surface area contributed by atoms with Crippen LogP contribution in [0.4, 0.5) is 11.6 Å². The molecule has 0 saturated carbocycles. The number of aromatic nitrogens is 4. The number of nitrogens with zero attached hydrogens (tertiary/aromatic N) is 4. The fraction of sp³-hybridized carbons (Fsp3) is 0.333. The normalized spacial score (nSPS) is 15.9. The van der Waals surface area contributed by atoms with Crippen LogP contribution >= 0.6 is 0 Å². The van der Waals surface area contributed by atoms with Crippen molar-refractivity contribution in [2.24, 2.45) is 0 Å². The molecule has 1 aliphatic heterocycles. The highest BCUT2D eigenvalue weighted by Crippen LogP contribution is 2.38. The quantitative estimate of drug-likeness (QED) is 0.548. The minimum Gasteiger partial charge on any atom is -0.496 e. The van der Waals surface area contributed by atoms with Crippen molar-refractivity contribution in [2.45, 2.75) is 25.3 Å². The van der Waals surface area contributed by atoms with Crippen molar-refractivity contribution in [3.63, 3.8) is 0 Å². The summed E-state index contributed by atoms with van der Waals surface area (Å²) in [5.41, 5.74) is 1.82. The van der Waals surface area contributed by atoms with E-state index in [1.165, 1.54) is 25.2 Å². The molecule has 3 heterocycles. The van der Waals surface area contributed by atoms with E-state index in [0.29, 0.717) is 30.0 Å². The van der Waals surface area contributed by atoms with Crippen molar-refractivity contribution >= 4 is 11.6 Å². The third-order valence-electron chi connectivity index (χ3n) is 4.93. The lowest BCUT2D eigenvalue weighted by atomic mass is 10.1. The molecule has 30 heavy (non-hydrogen) atoms. The Bertz CT molecular complexity index is 1020. The van der Waals surface area contributed by atoms with E-state index in [4.69, 9.17) is 14.7 Å². The molecule has 3 N–H and O–H groups in total. The number of ether oxygens (including phenoxy) is 2. The summed E-state index contributed by atoms with van der Waals surface area (Å²) < 4.78 is 11.7. The summed E-state index contributed by atoms with van der Waals surface area (Å²) in [6.07, 6.45) is 6.44. The zero-order chi connectivity index (χ0) is 20.8. The van der Waals surface area contributed by atoms with Crippen molar-refractivity contribution in [1.29, 1.82) is 5.26 Å². The molecule has 0 radical (unpaired) electrons. The van der Waals surface area contributed by atoms with E-state index < -0.39 is 0 Å². The van der Waals surface area contributed by atoms with Gasteiger partial charge in [0.2, 0.25) is 0 Å². The van der Waals surface area contributed by atoms with Crippen LogP contribution in [0.2, 0.25) is 0 Å². The molecule has 0 bridgehead atoms. The molecule has 2 aromatic heterocycles. The van der Waals surface area contributed by atoms with Crippen LogP contribution in [-0.2, 0) is 0 Å². The molecular formula is C21H23N7O2. The van der Waals surface area contributed by atoms with Crippen LogP contribution in [0.1, 0.15) is 25.0 Å². The van der Waals surface area contributed by atoms with Crippen LogP contribution in [0.25, 0.3) is 11.3 Å². The molecule has 1 aromatic carbocycles. The number of nitriles is 1. The maximum atomic E-state index is 8.83. The van der Waals surface area contributed by atoms with Crippen LogP contribution in [0, 0.1) is 11.3 Å². The summed E-state index contributed by atoms with van der Waals surface area (Å²) in [6.45, 7) is 1.63. The molecule has 0 spiro atoms. The third-order valence-corrected chi connectivity index (χ3v) is 4.93. The second-order valence-corrected chi connectivity index (χ2v) is 6.98. The Hall–Kier alpha value is -3.64. The second-order valence-electron chi connectivity index (χ2n) is 6.98. The first-order valence-electron chi connectivity index (χ1n) is 9.85. The van der Waals surface area contributed by atoms with Crippen molar-refractivity contribution in [3.8, 4) is 28.8 Å². The number of anilines is 2. The van der Waals surface area contributed by atoms with E-state index >= 15 is 0 Å². The molecule has 1 fully saturated rings. The van der Waals surface area contributed by atoms with Gasteiger partial charge in [0.25, 0.3) is 0 Å². The molecule has 154 valence electrons. The van der Waals surface area contributed by atoms with Gasteiger partial charge in [-0.15, -0.1) is 0 Å². The van der Waals surface area contributed by atoms with Crippen LogP contribution in [0.15, 0.2) is 36.7 Å². The van der Waals surface area contributed by atoms with E-state index in [9.17, 15) is 0 Å². The summed E-state index contributed by atoms with van der Waals surface area (Å²) in [7, 11) is 1.63. The van der Waals surface area contributed by atoms with Crippen LogP contribution in [-0.4, -0.2) is 46.5 Å². The summed E-state index contributed by atoms with van der Waals surface area (Å²) in [5, 5.41) is 22.7. The highest BCUT2D eigenvalue weighted by atomic mass is 16.5. The maximum absolute atomic E-state index is 8.83. The highest BCUT2D eigenvalue weighted by molar-refractivity contribution is 5.76. The van der Waals surface area contributed by atoms with E-state index in [-0.39, 0.29) is 5.69 Å². The standard InChI is InChI=1S/C21H23N7O2/c1-29-17-6-4-7-18(30-13-14-5-2-3-8-23-14)21(17)16-9-19(28-27-16)26-20-12-24-15(10-22)11-25-20/h4,6-7,9,11-12,14,23H,2-3,5,8,13H2,1H3,(H2,25,26,27,28)/t14-/m1/s1. The second kappa shape index (κ2) is 9.24. The van der Waals surface area contributed by atoms with Gasteiger partial charge in [0, 0.05) is 12.1 Å². The predicted octanol–water partition coefficient (Wildman–Crippen LogP) is 3.01. The number of nitrogens with one attached hydrogen (secondary N) is 3. The maximum Gasteiger partial charge on any atom is 0.158 e. The molecule has 0 amide bonds. The molecule has 9 nitrogen and oxygen atoms in total. The predicted molar refractivity (Wildman–Crippen MR) is 112 cm³/mol. The number of benzene rings is 1. The first kappa shape index (κ1) is 19.7. The fourth-order valence-corrected chi connectivity index (χ4v) is 3.42. The van der Waals surface area contributed by atoms with Crippen molar-refractivity contribution < 1.29 is 9.47 Å². The molecule has 4 rings (SSSR count). The Labute approximate surface area is 174 Å².